The number of nitrogens with one attached hydrogen (secondary N) is 2. The van der Waals surface area contributed by atoms with Gasteiger partial charge in [0.2, 0.25) is 21.8 Å². The first-order valence-electron chi connectivity index (χ1n) is 14.2. The fourth-order valence-electron chi connectivity index (χ4n) is 4.67. The summed E-state index contributed by atoms with van der Waals surface area (Å²) >= 11 is 0. The SMILES string of the molecule is CC(C)C[C@@H](C(=O)NN(Cc1ccc([N+](=O)[O-])cc1)S(C)(=O)=O)[C@H](CC=Cc1ccccc1)C(=O)NOC1CCCCO1. The van der Waals surface area contributed by atoms with Crippen LogP contribution in [0.25, 0.3) is 6.08 Å². The summed E-state index contributed by atoms with van der Waals surface area (Å²) in [5, 5.41) is 11.0. The van der Waals surface area contributed by atoms with Gasteiger partial charge in [0.15, 0.2) is 6.29 Å². The van der Waals surface area contributed by atoms with Gasteiger partial charge in [0, 0.05) is 25.2 Å². The summed E-state index contributed by atoms with van der Waals surface area (Å²) < 4.78 is 31.7. The first-order valence-corrected chi connectivity index (χ1v) is 16.1. The molecular formula is C30H40N4O8S. The van der Waals surface area contributed by atoms with E-state index in [1.165, 1.54) is 24.3 Å². The standard InChI is InChI=1S/C30H40N4O8S/c1-22(2)20-27(29(35)31-33(43(3,39)40)21-24-15-17-25(18-16-24)34(37)38)26(13-9-12-23-10-5-4-6-11-23)30(36)32-42-28-14-7-8-19-41-28/h4-6,9-12,15-18,22,26-28H,7-8,13-14,19-21H2,1-3H3,(H,31,35)(H,32,36)/t26-,27+,28?/m0/s1. The second kappa shape index (κ2) is 16.3. The Morgan fingerprint density at radius 1 is 1.09 bits per heavy atom. The number of rotatable bonds is 15. The lowest BCUT2D eigenvalue weighted by atomic mass is 9.82. The van der Waals surface area contributed by atoms with Crippen LogP contribution in [0, 0.1) is 27.9 Å². The van der Waals surface area contributed by atoms with Gasteiger partial charge in [-0.25, -0.2) is 18.7 Å². The number of carbonyl (C=O) groups excluding carboxylic acids is 2. The van der Waals surface area contributed by atoms with Crippen LogP contribution >= 0.6 is 0 Å². The van der Waals surface area contributed by atoms with E-state index >= 15 is 0 Å². The molecule has 0 radical (unpaired) electrons. The van der Waals surface area contributed by atoms with Crippen molar-refractivity contribution in [3.8, 4) is 0 Å². The molecule has 1 heterocycles. The average Bonchev–Trinajstić information content (AvgIpc) is 2.97. The molecule has 3 rings (SSSR count). The van der Waals surface area contributed by atoms with Crippen molar-refractivity contribution in [2.24, 2.45) is 17.8 Å². The number of non-ortho nitro benzene ring substituents is 1. The van der Waals surface area contributed by atoms with E-state index in [1.807, 2.05) is 56.3 Å². The maximum Gasteiger partial charge on any atom is 0.269 e. The average molecular weight is 617 g/mol. The van der Waals surface area contributed by atoms with Crippen molar-refractivity contribution >= 4 is 33.6 Å². The molecule has 1 saturated heterocycles. The number of nitro groups is 1. The van der Waals surface area contributed by atoms with Gasteiger partial charge < -0.3 is 4.74 Å². The minimum absolute atomic E-state index is 0.00638. The Morgan fingerprint density at radius 3 is 2.37 bits per heavy atom. The van der Waals surface area contributed by atoms with Gasteiger partial charge in [-0.15, -0.1) is 4.41 Å². The molecular weight excluding hydrogens is 576 g/mol. The molecule has 12 nitrogen and oxygen atoms in total. The van der Waals surface area contributed by atoms with Crippen molar-refractivity contribution < 1.29 is 32.5 Å². The van der Waals surface area contributed by atoms with Crippen molar-refractivity contribution in [2.75, 3.05) is 12.9 Å². The van der Waals surface area contributed by atoms with Crippen LogP contribution in [0.4, 0.5) is 5.69 Å². The predicted octanol–water partition coefficient (Wildman–Crippen LogP) is 4.34. The number of hydrogen-bond donors (Lipinski definition) is 2. The van der Waals surface area contributed by atoms with Crippen LogP contribution in [0.3, 0.4) is 0 Å². The summed E-state index contributed by atoms with van der Waals surface area (Å²) in [6.45, 7) is 4.08. The largest absolute Gasteiger partial charge is 0.350 e. The highest BCUT2D eigenvalue weighted by Gasteiger charge is 2.36. The molecule has 1 aliphatic heterocycles. The molecule has 0 spiro atoms. The fraction of sp³-hybridized carbons (Fsp3) is 0.467. The highest BCUT2D eigenvalue weighted by atomic mass is 32.2. The van der Waals surface area contributed by atoms with E-state index in [-0.39, 0.29) is 31.0 Å². The molecule has 13 heteroatoms. The number of hydrogen-bond acceptors (Lipinski definition) is 8. The Labute approximate surface area is 252 Å². The molecule has 1 fully saturated rings. The van der Waals surface area contributed by atoms with Gasteiger partial charge in [-0.05, 0) is 42.7 Å². The lowest BCUT2D eigenvalue weighted by Crippen LogP contribution is -2.50. The number of hydroxylamine groups is 1. The number of nitro benzene ring substituents is 1. The fourth-order valence-corrected chi connectivity index (χ4v) is 5.31. The third-order valence-corrected chi connectivity index (χ3v) is 7.94. The molecule has 1 aliphatic rings. The molecule has 43 heavy (non-hydrogen) atoms. The van der Waals surface area contributed by atoms with E-state index < -0.39 is 44.9 Å². The minimum Gasteiger partial charge on any atom is -0.350 e. The Morgan fingerprint density at radius 2 is 1.79 bits per heavy atom. The molecule has 2 amide bonds. The Hall–Kier alpha value is -3.65. The number of carbonyl (C=O) groups is 2. The molecule has 3 atom stereocenters. The summed E-state index contributed by atoms with van der Waals surface area (Å²) in [6, 6.07) is 14.9. The summed E-state index contributed by atoms with van der Waals surface area (Å²) in [5.74, 6) is -2.99. The first-order chi connectivity index (χ1) is 20.4. The Balaban J connectivity index is 1.84. The summed E-state index contributed by atoms with van der Waals surface area (Å²) in [4.78, 5) is 43.3. The topological polar surface area (TPSA) is 157 Å². The molecule has 0 bridgehead atoms. The van der Waals surface area contributed by atoms with Gasteiger partial charge >= 0.3 is 0 Å². The van der Waals surface area contributed by atoms with Crippen molar-refractivity contribution in [3.63, 3.8) is 0 Å². The Bertz CT molecular complexity index is 1340. The molecule has 0 aromatic heterocycles. The molecule has 2 aromatic rings. The zero-order valence-electron chi connectivity index (χ0n) is 24.7. The number of allylic oxidation sites excluding steroid dienone is 1. The first kappa shape index (κ1) is 33.8. The number of hydrazine groups is 1. The molecule has 2 aromatic carbocycles. The zero-order chi connectivity index (χ0) is 31.4. The second-order valence-corrected chi connectivity index (χ2v) is 12.8. The molecule has 1 unspecified atom stereocenters. The molecule has 234 valence electrons. The maximum atomic E-state index is 13.8. The lowest BCUT2D eigenvalue weighted by Gasteiger charge is -2.30. The number of nitrogens with zero attached hydrogens (tertiary/aromatic N) is 2. The van der Waals surface area contributed by atoms with Crippen LogP contribution in [0.1, 0.15) is 57.1 Å². The Kier molecular flexibility index (Phi) is 12.8. The van der Waals surface area contributed by atoms with E-state index in [0.29, 0.717) is 18.6 Å². The van der Waals surface area contributed by atoms with Crippen molar-refractivity contribution in [2.45, 2.75) is 58.8 Å². The number of amides is 2. The molecule has 0 saturated carbocycles. The van der Waals surface area contributed by atoms with Crippen molar-refractivity contribution in [1.29, 1.82) is 0 Å². The van der Waals surface area contributed by atoms with Gasteiger partial charge in [0.1, 0.15) is 0 Å². The number of benzene rings is 2. The van der Waals surface area contributed by atoms with Gasteiger partial charge in [0.25, 0.3) is 5.69 Å². The predicted molar refractivity (Wildman–Crippen MR) is 161 cm³/mol. The lowest BCUT2D eigenvalue weighted by molar-refractivity contribution is -0.384. The minimum atomic E-state index is -3.96. The summed E-state index contributed by atoms with van der Waals surface area (Å²) in [5.41, 5.74) is 6.19. The van der Waals surface area contributed by atoms with Crippen LogP contribution in [-0.2, 0) is 35.7 Å². The number of sulfonamides is 1. The van der Waals surface area contributed by atoms with Crippen LogP contribution in [-0.4, -0.2) is 48.7 Å². The zero-order valence-corrected chi connectivity index (χ0v) is 25.5. The van der Waals surface area contributed by atoms with Gasteiger partial charge in [-0.3, -0.25) is 25.1 Å². The van der Waals surface area contributed by atoms with Crippen LogP contribution in [0.15, 0.2) is 60.7 Å². The maximum absolute atomic E-state index is 13.8. The van der Waals surface area contributed by atoms with Crippen molar-refractivity contribution in [1.82, 2.24) is 15.3 Å². The molecule has 0 aliphatic carbocycles. The van der Waals surface area contributed by atoms with Crippen molar-refractivity contribution in [3.05, 3.63) is 81.9 Å². The summed E-state index contributed by atoms with van der Waals surface area (Å²) in [6.07, 6.45) is 6.93. The highest BCUT2D eigenvalue weighted by Crippen LogP contribution is 2.27. The third kappa shape index (κ3) is 11.2. The van der Waals surface area contributed by atoms with Gasteiger partial charge in [-0.2, -0.15) is 0 Å². The van der Waals surface area contributed by atoms with Gasteiger partial charge in [0.05, 0.1) is 29.6 Å². The van der Waals surface area contributed by atoms with E-state index in [0.717, 1.165) is 29.1 Å². The second-order valence-electron chi connectivity index (χ2n) is 10.9. The third-order valence-electron chi connectivity index (χ3n) is 6.92. The summed E-state index contributed by atoms with van der Waals surface area (Å²) in [7, 11) is -3.96. The van der Waals surface area contributed by atoms with E-state index in [2.05, 4.69) is 10.9 Å². The van der Waals surface area contributed by atoms with Crippen LogP contribution in [0.2, 0.25) is 0 Å². The van der Waals surface area contributed by atoms with Gasteiger partial charge in [-0.1, -0.05) is 68.5 Å². The van der Waals surface area contributed by atoms with E-state index in [1.54, 1.807) is 0 Å². The monoisotopic (exact) mass is 616 g/mol. The van der Waals surface area contributed by atoms with E-state index in [9.17, 15) is 28.1 Å². The van der Waals surface area contributed by atoms with Crippen LogP contribution < -0.4 is 10.9 Å². The highest BCUT2D eigenvalue weighted by molar-refractivity contribution is 7.88. The molecule has 2 N–H and O–H groups in total. The normalized spacial score (nSPS) is 17.1. The quantitative estimate of drug-likeness (QED) is 0.221. The van der Waals surface area contributed by atoms with E-state index in [4.69, 9.17) is 9.57 Å². The smallest absolute Gasteiger partial charge is 0.269 e. The number of ether oxygens (including phenoxy) is 1. The van der Waals surface area contributed by atoms with Crippen LogP contribution in [0.5, 0.6) is 0 Å².